The summed E-state index contributed by atoms with van der Waals surface area (Å²) in [6, 6.07) is 5.64. The number of aliphatic hydroxyl groups is 1. The van der Waals surface area contributed by atoms with Crippen LogP contribution in [0, 0.1) is 6.92 Å². The lowest BCUT2D eigenvalue weighted by Gasteiger charge is -2.08. The van der Waals surface area contributed by atoms with Gasteiger partial charge in [0.2, 0.25) is 0 Å². The molecule has 1 rings (SSSR count). The van der Waals surface area contributed by atoms with Crippen molar-refractivity contribution in [3.8, 4) is 5.75 Å². The molecule has 0 atom stereocenters. The van der Waals surface area contributed by atoms with Crippen LogP contribution in [0.25, 0.3) is 0 Å². The highest BCUT2D eigenvalue weighted by molar-refractivity contribution is 6.30. The fraction of sp³-hybridized carbons (Fsp3) is 0.500. The fourth-order valence-electron chi connectivity index (χ4n) is 1.30. The van der Waals surface area contributed by atoms with E-state index in [-0.39, 0.29) is 6.61 Å². The van der Waals surface area contributed by atoms with Gasteiger partial charge in [0.05, 0.1) is 6.61 Å². The highest BCUT2D eigenvalue weighted by Crippen LogP contribution is 2.22. The van der Waals surface area contributed by atoms with E-state index in [4.69, 9.17) is 21.4 Å². The van der Waals surface area contributed by atoms with Gasteiger partial charge in [-0.15, -0.1) is 0 Å². The minimum atomic E-state index is 0.260. The smallest absolute Gasteiger partial charge is 0.123 e. The third kappa shape index (κ3) is 4.54. The number of benzene rings is 1. The number of rotatable bonds is 6. The Morgan fingerprint density at radius 2 is 2.07 bits per heavy atom. The summed E-state index contributed by atoms with van der Waals surface area (Å²) in [6.07, 6.45) is 2.81. The van der Waals surface area contributed by atoms with Crippen LogP contribution in [0.3, 0.4) is 0 Å². The number of halogens is 1. The molecule has 15 heavy (non-hydrogen) atoms. The zero-order chi connectivity index (χ0) is 11.1. The zero-order valence-electron chi connectivity index (χ0n) is 9.00. The van der Waals surface area contributed by atoms with Crippen LogP contribution in [-0.2, 0) is 0 Å². The van der Waals surface area contributed by atoms with Gasteiger partial charge >= 0.3 is 0 Å². The van der Waals surface area contributed by atoms with Crippen LogP contribution in [-0.4, -0.2) is 18.3 Å². The van der Waals surface area contributed by atoms with E-state index in [1.807, 2.05) is 25.1 Å². The van der Waals surface area contributed by atoms with E-state index in [1.54, 1.807) is 0 Å². The Hall–Kier alpha value is -0.730. The number of aliphatic hydroxyl groups excluding tert-OH is 1. The van der Waals surface area contributed by atoms with Crippen LogP contribution < -0.4 is 4.74 Å². The number of aryl methyl sites for hydroxylation is 1. The first-order chi connectivity index (χ1) is 7.24. The standard InChI is InChI=1S/C12H17ClO2/c1-10-5-6-11(13)9-12(10)15-8-4-2-3-7-14/h5-6,9,14H,2-4,7-8H2,1H3. The summed E-state index contributed by atoms with van der Waals surface area (Å²) in [6.45, 7) is 2.94. The molecule has 1 N–H and O–H groups in total. The molecular formula is C12H17ClO2. The minimum absolute atomic E-state index is 0.260. The first kappa shape index (κ1) is 12.3. The Kier molecular flexibility index (Phi) is 5.51. The van der Waals surface area contributed by atoms with Crippen LogP contribution in [0.4, 0.5) is 0 Å². The molecule has 0 saturated carbocycles. The normalized spacial score (nSPS) is 10.3. The van der Waals surface area contributed by atoms with Crippen molar-refractivity contribution in [2.75, 3.05) is 13.2 Å². The van der Waals surface area contributed by atoms with E-state index in [0.29, 0.717) is 11.6 Å². The molecule has 1 aromatic carbocycles. The molecule has 0 heterocycles. The van der Waals surface area contributed by atoms with Crippen LogP contribution in [0.5, 0.6) is 5.75 Å². The highest BCUT2D eigenvalue weighted by atomic mass is 35.5. The van der Waals surface area contributed by atoms with Gasteiger partial charge < -0.3 is 9.84 Å². The summed E-state index contributed by atoms with van der Waals surface area (Å²) in [5.74, 6) is 0.853. The summed E-state index contributed by atoms with van der Waals surface area (Å²) in [5.41, 5.74) is 1.10. The quantitative estimate of drug-likeness (QED) is 0.758. The van der Waals surface area contributed by atoms with Crippen LogP contribution >= 0.6 is 11.6 Å². The van der Waals surface area contributed by atoms with E-state index in [9.17, 15) is 0 Å². The van der Waals surface area contributed by atoms with Gasteiger partial charge in [-0.3, -0.25) is 0 Å². The Bertz CT molecular complexity index is 300. The molecule has 0 aromatic heterocycles. The molecule has 0 fully saturated rings. The lowest BCUT2D eigenvalue weighted by molar-refractivity contribution is 0.265. The second-order valence-corrected chi connectivity index (χ2v) is 3.98. The first-order valence-corrected chi connectivity index (χ1v) is 5.61. The van der Waals surface area contributed by atoms with Crippen LogP contribution in [0.1, 0.15) is 24.8 Å². The van der Waals surface area contributed by atoms with Crippen molar-refractivity contribution in [2.24, 2.45) is 0 Å². The van der Waals surface area contributed by atoms with Gasteiger partial charge in [0.1, 0.15) is 5.75 Å². The van der Waals surface area contributed by atoms with Crippen molar-refractivity contribution >= 4 is 11.6 Å². The maximum absolute atomic E-state index is 8.60. The van der Waals surface area contributed by atoms with E-state index < -0.39 is 0 Å². The largest absolute Gasteiger partial charge is 0.493 e. The summed E-state index contributed by atoms with van der Waals surface area (Å²) >= 11 is 5.87. The highest BCUT2D eigenvalue weighted by Gasteiger charge is 2.00. The number of unbranched alkanes of at least 4 members (excludes halogenated alkanes) is 2. The molecule has 0 amide bonds. The summed E-state index contributed by atoms with van der Waals surface area (Å²) in [5, 5.41) is 9.30. The Morgan fingerprint density at radius 1 is 1.27 bits per heavy atom. The minimum Gasteiger partial charge on any atom is -0.493 e. The zero-order valence-corrected chi connectivity index (χ0v) is 9.76. The van der Waals surface area contributed by atoms with Crippen molar-refractivity contribution in [1.29, 1.82) is 0 Å². The predicted octanol–water partition coefficient (Wildman–Crippen LogP) is 3.19. The van der Waals surface area contributed by atoms with Gasteiger partial charge in [-0.1, -0.05) is 17.7 Å². The Balaban J connectivity index is 2.33. The van der Waals surface area contributed by atoms with Crippen molar-refractivity contribution in [3.63, 3.8) is 0 Å². The molecule has 0 aliphatic carbocycles. The van der Waals surface area contributed by atoms with Gasteiger partial charge in [0, 0.05) is 11.6 Å². The number of ether oxygens (including phenoxy) is 1. The monoisotopic (exact) mass is 228 g/mol. The Morgan fingerprint density at radius 3 is 2.80 bits per heavy atom. The van der Waals surface area contributed by atoms with E-state index in [2.05, 4.69) is 0 Å². The second-order valence-electron chi connectivity index (χ2n) is 3.54. The molecule has 84 valence electrons. The number of hydrogen-bond acceptors (Lipinski definition) is 2. The molecule has 0 aliphatic rings. The molecule has 2 nitrogen and oxygen atoms in total. The summed E-state index contributed by atoms with van der Waals surface area (Å²) < 4.78 is 5.60. The molecular weight excluding hydrogens is 212 g/mol. The van der Waals surface area contributed by atoms with Gasteiger partial charge in [0.25, 0.3) is 0 Å². The maximum atomic E-state index is 8.60. The lowest BCUT2D eigenvalue weighted by Crippen LogP contribution is -1.99. The molecule has 0 saturated heterocycles. The van der Waals surface area contributed by atoms with E-state index in [0.717, 1.165) is 30.6 Å². The Labute approximate surface area is 95.8 Å². The van der Waals surface area contributed by atoms with Crippen LogP contribution in [0.2, 0.25) is 5.02 Å². The summed E-state index contributed by atoms with van der Waals surface area (Å²) in [7, 11) is 0. The molecule has 0 spiro atoms. The SMILES string of the molecule is Cc1ccc(Cl)cc1OCCCCCO. The molecule has 1 aromatic rings. The fourth-order valence-corrected chi connectivity index (χ4v) is 1.46. The van der Waals surface area contributed by atoms with Gasteiger partial charge in [-0.2, -0.15) is 0 Å². The summed E-state index contributed by atoms with van der Waals surface area (Å²) in [4.78, 5) is 0. The second kappa shape index (κ2) is 6.70. The molecule has 3 heteroatoms. The van der Waals surface area contributed by atoms with E-state index >= 15 is 0 Å². The molecule has 0 unspecified atom stereocenters. The molecule has 0 bridgehead atoms. The van der Waals surface area contributed by atoms with Crippen molar-refractivity contribution in [3.05, 3.63) is 28.8 Å². The predicted molar refractivity (Wildman–Crippen MR) is 62.6 cm³/mol. The van der Waals surface area contributed by atoms with Crippen molar-refractivity contribution < 1.29 is 9.84 Å². The van der Waals surface area contributed by atoms with Crippen LogP contribution in [0.15, 0.2) is 18.2 Å². The van der Waals surface area contributed by atoms with E-state index in [1.165, 1.54) is 0 Å². The third-order valence-corrected chi connectivity index (χ3v) is 2.45. The lowest BCUT2D eigenvalue weighted by atomic mass is 10.2. The van der Waals surface area contributed by atoms with Gasteiger partial charge in [-0.05, 0) is 43.9 Å². The number of hydrogen-bond donors (Lipinski definition) is 1. The topological polar surface area (TPSA) is 29.5 Å². The van der Waals surface area contributed by atoms with Crippen molar-refractivity contribution in [2.45, 2.75) is 26.2 Å². The average Bonchev–Trinajstić information content (AvgIpc) is 2.23. The maximum Gasteiger partial charge on any atom is 0.123 e. The van der Waals surface area contributed by atoms with Gasteiger partial charge in [-0.25, -0.2) is 0 Å². The van der Waals surface area contributed by atoms with Gasteiger partial charge in [0.15, 0.2) is 0 Å². The average molecular weight is 229 g/mol. The third-order valence-electron chi connectivity index (χ3n) is 2.21. The first-order valence-electron chi connectivity index (χ1n) is 5.24. The molecule has 0 aliphatic heterocycles. The van der Waals surface area contributed by atoms with Crippen molar-refractivity contribution in [1.82, 2.24) is 0 Å². The molecule has 0 radical (unpaired) electrons.